The Kier molecular flexibility index (Phi) is 5.94. The Morgan fingerprint density at radius 3 is 2.66 bits per heavy atom. The van der Waals surface area contributed by atoms with Gasteiger partial charge in [-0.15, -0.1) is 0 Å². The van der Waals surface area contributed by atoms with Crippen molar-refractivity contribution in [1.82, 2.24) is 4.57 Å². The van der Waals surface area contributed by atoms with Crippen molar-refractivity contribution in [2.75, 3.05) is 6.61 Å². The summed E-state index contributed by atoms with van der Waals surface area (Å²) in [6, 6.07) is 8.74. The molecule has 0 amide bonds. The highest BCUT2D eigenvalue weighted by atomic mass is 35.5. The highest BCUT2D eigenvalue weighted by molar-refractivity contribution is 6.31. The van der Waals surface area contributed by atoms with Crippen LogP contribution in [0.15, 0.2) is 36.4 Å². The van der Waals surface area contributed by atoms with Crippen LogP contribution in [0.4, 0.5) is 4.39 Å². The van der Waals surface area contributed by atoms with E-state index in [2.05, 4.69) is 0 Å². The number of benzene rings is 2. The van der Waals surface area contributed by atoms with Gasteiger partial charge in [-0.1, -0.05) is 24.6 Å². The number of nitrogens with zero attached hydrogens (tertiary/aromatic N) is 1. The van der Waals surface area contributed by atoms with Gasteiger partial charge in [0.15, 0.2) is 11.6 Å². The number of fused-ring (bicyclic) bond motifs is 1. The Hall–Kier alpha value is -2.86. The molecule has 0 aliphatic heterocycles. The summed E-state index contributed by atoms with van der Waals surface area (Å²) in [5, 5.41) is 10.7. The third-order valence-corrected chi connectivity index (χ3v) is 5.07. The highest BCUT2D eigenvalue weighted by Gasteiger charge is 2.28. The van der Waals surface area contributed by atoms with Crippen LogP contribution in [0, 0.1) is 12.7 Å². The van der Waals surface area contributed by atoms with E-state index in [1.165, 1.54) is 16.7 Å². The fourth-order valence-corrected chi connectivity index (χ4v) is 3.64. The van der Waals surface area contributed by atoms with Gasteiger partial charge in [0.05, 0.1) is 18.0 Å². The quantitative estimate of drug-likeness (QED) is 0.580. The number of phenols is 1. The third-order valence-electron chi connectivity index (χ3n) is 4.83. The molecule has 0 saturated heterocycles. The van der Waals surface area contributed by atoms with Gasteiger partial charge in [-0.05, 0) is 50.1 Å². The molecule has 0 aliphatic rings. The molecule has 1 heterocycles. The minimum atomic E-state index is -0.858. The number of hydrogen-bond acceptors (Lipinski definition) is 4. The lowest BCUT2D eigenvalue weighted by Gasteiger charge is -2.13. The zero-order valence-electron chi connectivity index (χ0n) is 16.3. The third kappa shape index (κ3) is 3.85. The van der Waals surface area contributed by atoms with E-state index in [0.29, 0.717) is 33.7 Å². The minimum absolute atomic E-state index is 0.257. The molecule has 29 heavy (non-hydrogen) atoms. The van der Waals surface area contributed by atoms with Crippen LogP contribution in [0.5, 0.6) is 5.75 Å². The average molecular weight is 418 g/mol. The maximum atomic E-state index is 14.1. The van der Waals surface area contributed by atoms with Gasteiger partial charge in [0.1, 0.15) is 0 Å². The first-order valence-electron chi connectivity index (χ1n) is 9.26. The number of hydrogen-bond donors (Lipinski definition) is 1. The molecule has 2 aromatic carbocycles. The summed E-state index contributed by atoms with van der Waals surface area (Å²) >= 11 is 6.01. The molecule has 0 aliphatic carbocycles. The summed E-state index contributed by atoms with van der Waals surface area (Å²) in [7, 11) is 0. The second-order valence-electron chi connectivity index (χ2n) is 6.86. The minimum Gasteiger partial charge on any atom is -0.505 e. The summed E-state index contributed by atoms with van der Waals surface area (Å²) in [6.45, 7) is 5.51. The SMILES string of the molecule is CCCOC(=O)C(C)c1c(C)n(C(=O)c2cccc(Cl)c2)c2cc(F)c(O)cc12. The molecule has 152 valence electrons. The van der Waals surface area contributed by atoms with Crippen molar-refractivity contribution < 1.29 is 23.8 Å². The van der Waals surface area contributed by atoms with Gasteiger partial charge in [0, 0.05) is 27.7 Å². The van der Waals surface area contributed by atoms with Crippen LogP contribution in [0.25, 0.3) is 10.9 Å². The predicted octanol–water partition coefficient (Wildman–Crippen LogP) is 5.19. The molecule has 0 radical (unpaired) electrons. The lowest BCUT2D eigenvalue weighted by Crippen LogP contribution is -2.17. The summed E-state index contributed by atoms with van der Waals surface area (Å²) < 4.78 is 20.7. The molecular formula is C22H21ClFNO4. The average Bonchev–Trinajstić information content (AvgIpc) is 2.96. The lowest BCUT2D eigenvalue weighted by molar-refractivity contribution is -0.145. The number of carbonyl (C=O) groups excluding carboxylic acids is 2. The molecule has 0 fully saturated rings. The van der Waals surface area contributed by atoms with E-state index in [-0.39, 0.29) is 12.1 Å². The Bertz CT molecular complexity index is 1110. The molecule has 1 unspecified atom stereocenters. The molecule has 1 atom stereocenters. The van der Waals surface area contributed by atoms with Crippen LogP contribution in [-0.4, -0.2) is 28.2 Å². The van der Waals surface area contributed by atoms with Gasteiger partial charge < -0.3 is 9.84 Å². The molecule has 1 aromatic heterocycles. The van der Waals surface area contributed by atoms with E-state index in [1.807, 2.05) is 6.92 Å². The zero-order chi connectivity index (χ0) is 21.3. The number of halogens is 2. The second kappa shape index (κ2) is 8.25. The van der Waals surface area contributed by atoms with Gasteiger partial charge in [-0.25, -0.2) is 4.39 Å². The predicted molar refractivity (Wildman–Crippen MR) is 109 cm³/mol. The van der Waals surface area contributed by atoms with Crippen molar-refractivity contribution in [2.45, 2.75) is 33.1 Å². The largest absolute Gasteiger partial charge is 0.505 e. The monoisotopic (exact) mass is 417 g/mol. The van der Waals surface area contributed by atoms with Gasteiger partial charge in [-0.2, -0.15) is 0 Å². The first-order chi connectivity index (χ1) is 13.8. The summed E-state index contributed by atoms with van der Waals surface area (Å²) in [5.41, 5.74) is 1.55. The molecule has 0 saturated carbocycles. The zero-order valence-corrected chi connectivity index (χ0v) is 17.1. The van der Waals surface area contributed by atoms with Gasteiger partial charge >= 0.3 is 5.97 Å². The van der Waals surface area contributed by atoms with Crippen molar-refractivity contribution in [1.29, 1.82) is 0 Å². The molecule has 5 nitrogen and oxygen atoms in total. The van der Waals surface area contributed by atoms with Gasteiger partial charge in [0.2, 0.25) is 0 Å². The Balaban J connectivity index is 2.23. The fourth-order valence-electron chi connectivity index (χ4n) is 3.45. The Morgan fingerprint density at radius 1 is 1.28 bits per heavy atom. The molecular weight excluding hydrogens is 397 g/mol. The maximum Gasteiger partial charge on any atom is 0.313 e. The first kappa shape index (κ1) is 20.9. The second-order valence-corrected chi connectivity index (χ2v) is 7.30. The van der Waals surface area contributed by atoms with Crippen LogP contribution < -0.4 is 0 Å². The number of aromatic hydroxyl groups is 1. The van der Waals surface area contributed by atoms with Gasteiger partial charge in [-0.3, -0.25) is 14.2 Å². The van der Waals surface area contributed by atoms with Crippen LogP contribution in [0.1, 0.15) is 47.8 Å². The van der Waals surface area contributed by atoms with E-state index in [0.717, 1.165) is 6.07 Å². The molecule has 0 spiro atoms. The van der Waals surface area contributed by atoms with Crippen LogP contribution in [0.3, 0.4) is 0 Å². The number of esters is 1. The van der Waals surface area contributed by atoms with E-state index < -0.39 is 29.4 Å². The summed E-state index contributed by atoms with van der Waals surface area (Å²) in [6.07, 6.45) is 0.679. The van der Waals surface area contributed by atoms with Crippen molar-refractivity contribution in [3.63, 3.8) is 0 Å². The van der Waals surface area contributed by atoms with Crippen LogP contribution >= 0.6 is 11.6 Å². The fraction of sp³-hybridized carbons (Fsp3) is 0.273. The van der Waals surface area contributed by atoms with E-state index >= 15 is 0 Å². The summed E-state index contributed by atoms with van der Waals surface area (Å²) in [5.74, 6) is -2.99. The van der Waals surface area contributed by atoms with Crippen LogP contribution in [-0.2, 0) is 9.53 Å². The number of phenolic OH excluding ortho intramolecular Hbond substituents is 1. The number of carbonyl (C=O) groups is 2. The molecule has 1 N–H and O–H groups in total. The van der Waals surface area contributed by atoms with E-state index in [1.54, 1.807) is 32.0 Å². The van der Waals surface area contributed by atoms with Crippen molar-refractivity contribution in [3.8, 4) is 5.75 Å². The van der Waals surface area contributed by atoms with Crippen molar-refractivity contribution >= 4 is 34.4 Å². The normalized spacial score (nSPS) is 12.2. The Morgan fingerprint density at radius 2 is 2.00 bits per heavy atom. The Labute approximate surface area is 172 Å². The smallest absolute Gasteiger partial charge is 0.313 e. The number of rotatable bonds is 5. The molecule has 3 rings (SSSR count). The molecule has 0 bridgehead atoms. The van der Waals surface area contributed by atoms with Crippen LogP contribution in [0.2, 0.25) is 5.02 Å². The number of ether oxygens (including phenoxy) is 1. The lowest BCUT2D eigenvalue weighted by atomic mass is 9.98. The standard InChI is InChI=1S/C22H21ClFNO4/c1-4-8-29-22(28)12(2)20-13(3)25(18-11-17(24)19(26)10-16(18)20)21(27)14-6-5-7-15(23)9-14/h5-7,9-12,26H,4,8H2,1-3H3. The molecule has 3 aromatic rings. The van der Waals surface area contributed by atoms with E-state index in [4.69, 9.17) is 16.3 Å². The first-order valence-corrected chi connectivity index (χ1v) is 9.64. The van der Waals surface area contributed by atoms with Gasteiger partial charge in [0.25, 0.3) is 5.91 Å². The highest BCUT2D eigenvalue weighted by Crippen LogP contribution is 2.36. The maximum absolute atomic E-state index is 14.1. The number of aromatic nitrogens is 1. The van der Waals surface area contributed by atoms with E-state index in [9.17, 15) is 19.1 Å². The molecule has 7 heteroatoms. The van der Waals surface area contributed by atoms with Crippen molar-refractivity contribution in [3.05, 3.63) is 64.1 Å². The van der Waals surface area contributed by atoms with Crippen molar-refractivity contribution in [2.24, 2.45) is 0 Å². The topological polar surface area (TPSA) is 68.5 Å². The summed E-state index contributed by atoms with van der Waals surface area (Å²) in [4.78, 5) is 25.7.